The monoisotopic (exact) mass is 363 g/mol. The third-order valence-corrected chi connectivity index (χ3v) is 5.71. The lowest BCUT2D eigenvalue weighted by atomic mass is 10.00. The van der Waals surface area contributed by atoms with Gasteiger partial charge in [-0.25, -0.2) is 8.42 Å². The van der Waals surface area contributed by atoms with Crippen LogP contribution in [0.3, 0.4) is 0 Å². The summed E-state index contributed by atoms with van der Waals surface area (Å²) in [5.41, 5.74) is 0. The lowest BCUT2D eigenvalue weighted by Gasteiger charge is -2.34. The Morgan fingerprint density at radius 3 is 1.58 bits per heavy atom. The summed E-state index contributed by atoms with van der Waals surface area (Å²) in [5.74, 6) is -0.221. The lowest BCUT2D eigenvalue weighted by molar-refractivity contribution is -0.896. The summed E-state index contributed by atoms with van der Waals surface area (Å²) in [5, 5.41) is 0. The molecule has 0 saturated carbocycles. The molecule has 0 spiro atoms. The molecule has 0 aliphatic rings. The van der Waals surface area contributed by atoms with E-state index in [0.29, 0.717) is 12.5 Å². The zero-order chi connectivity index (χ0) is 18.5. The smallest absolute Gasteiger partial charge is 0.0945 e. The van der Waals surface area contributed by atoms with Gasteiger partial charge in [-0.15, -0.1) is 0 Å². The number of hydrogen-bond donors (Lipinski definition) is 0. The number of hydrogen-bond acceptors (Lipinski definition) is 3. The molecule has 0 fully saturated rings. The Hall–Kier alpha value is -0.130. The van der Waals surface area contributed by atoms with Crippen LogP contribution in [-0.4, -0.2) is 50.4 Å². The third-order valence-electron chi connectivity index (χ3n) is 4.92. The normalized spacial score (nSPS) is 14.0. The fourth-order valence-electron chi connectivity index (χ4n) is 3.28. The van der Waals surface area contributed by atoms with E-state index in [9.17, 15) is 13.0 Å². The van der Waals surface area contributed by atoms with E-state index in [1.54, 1.807) is 0 Å². The molecule has 4 nitrogen and oxygen atoms in total. The summed E-state index contributed by atoms with van der Waals surface area (Å²) in [6.07, 6.45) is 15.8. The fraction of sp³-hybridized carbons (Fsp3) is 1.00. The molecule has 0 aromatic heterocycles. The van der Waals surface area contributed by atoms with Gasteiger partial charge in [-0.1, -0.05) is 64.7 Å². The van der Waals surface area contributed by atoms with Crippen molar-refractivity contribution < 1.29 is 17.5 Å². The van der Waals surface area contributed by atoms with Gasteiger partial charge in [0.25, 0.3) is 0 Å². The quantitative estimate of drug-likeness (QED) is 0.227. The SMILES string of the molecule is CCCCCCCCCCCCC(CCCS(=O)(=O)[O-])[N+](C)(C)C. The Morgan fingerprint density at radius 1 is 0.750 bits per heavy atom. The minimum absolute atomic E-state index is 0.221. The van der Waals surface area contributed by atoms with Gasteiger partial charge in [-0.05, 0) is 19.3 Å². The van der Waals surface area contributed by atoms with Crippen LogP contribution in [0.2, 0.25) is 0 Å². The van der Waals surface area contributed by atoms with Gasteiger partial charge >= 0.3 is 0 Å². The Kier molecular flexibility index (Phi) is 13.1. The van der Waals surface area contributed by atoms with Crippen molar-refractivity contribution in [2.75, 3.05) is 26.9 Å². The van der Waals surface area contributed by atoms with Gasteiger partial charge in [0.05, 0.1) is 37.3 Å². The maximum absolute atomic E-state index is 10.7. The Balaban J connectivity index is 3.76. The molecule has 0 radical (unpaired) electrons. The van der Waals surface area contributed by atoms with Crippen LogP contribution < -0.4 is 0 Å². The fourth-order valence-corrected chi connectivity index (χ4v) is 3.80. The molecule has 24 heavy (non-hydrogen) atoms. The van der Waals surface area contributed by atoms with Gasteiger partial charge in [0.1, 0.15) is 0 Å². The number of unbranched alkanes of at least 4 members (excludes halogenated alkanes) is 9. The topological polar surface area (TPSA) is 57.2 Å². The summed E-state index contributed by atoms with van der Waals surface area (Å²) in [7, 11) is 2.41. The molecule has 0 heterocycles. The molecule has 0 bridgehead atoms. The van der Waals surface area contributed by atoms with Gasteiger partial charge in [0, 0.05) is 12.2 Å². The number of rotatable bonds is 16. The van der Waals surface area contributed by atoms with Gasteiger partial charge in [0.15, 0.2) is 0 Å². The van der Waals surface area contributed by atoms with Crippen LogP contribution in [0.15, 0.2) is 0 Å². The molecule has 0 rings (SSSR count). The van der Waals surface area contributed by atoms with Crippen LogP contribution in [0.4, 0.5) is 0 Å². The first kappa shape index (κ1) is 23.9. The predicted molar refractivity (Wildman–Crippen MR) is 102 cm³/mol. The Morgan fingerprint density at radius 2 is 1.17 bits per heavy atom. The van der Waals surface area contributed by atoms with E-state index < -0.39 is 10.1 Å². The van der Waals surface area contributed by atoms with E-state index in [4.69, 9.17) is 0 Å². The van der Waals surface area contributed by atoms with Crippen molar-refractivity contribution in [1.29, 1.82) is 0 Å². The van der Waals surface area contributed by atoms with Gasteiger partial charge in [-0.2, -0.15) is 0 Å². The molecule has 0 aromatic carbocycles. The highest BCUT2D eigenvalue weighted by Crippen LogP contribution is 2.19. The first-order chi connectivity index (χ1) is 11.2. The highest BCUT2D eigenvalue weighted by Gasteiger charge is 2.22. The van der Waals surface area contributed by atoms with Crippen LogP contribution in [0.1, 0.15) is 90.4 Å². The maximum Gasteiger partial charge on any atom is 0.0945 e. The predicted octanol–water partition coefficient (Wildman–Crippen LogP) is 4.70. The van der Waals surface area contributed by atoms with Crippen molar-refractivity contribution >= 4 is 10.1 Å². The van der Waals surface area contributed by atoms with Gasteiger partial charge < -0.3 is 9.04 Å². The zero-order valence-corrected chi connectivity index (χ0v) is 17.4. The molecule has 0 aliphatic heterocycles. The van der Waals surface area contributed by atoms with Crippen LogP contribution in [0.5, 0.6) is 0 Å². The van der Waals surface area contributed by atoms with E-state index in [2.05, 4.69) is 28.1 Å². The Bertz CT molecular complexity index is 388. The summed E-state index contributed by atoms with van der Waals surface area (Å²) < 4.78 is 33.1. The second-order valence-electron chi connectivity index (χ2n) is 8.14. The number of nitrogens with zero attached hydrogens (tertiary/aromatic N) is 1. The summed E-state index contributed by atoms with van der Waals surface area (Å²) in [4.78, 5) is 0. The summed E-state index contributed by atoms with van der Waals surface area (Å²) >= 11 is 0. The minimum atomic E-state index is -4.07. The zero-order valence-electron chi connectivity index (χ0n) is 16.6. The molecule has 0 saturated heterocycles. The van der Waals surface area contributed by atoms with Crippen molar-refractivity contribution in [2.45, 2.75) is 96.4 Å². The molecule has 1 unspecified atom stereocenters. The Labute approximate surface area is 151 Å². The van der Waals surface area contributed by atoms with Gasteiger partial charge in [0.2, 0.25) is 0 Å². The summed E-state index contributed by atoms with van der Waals surface area (Å²) in [6, 6.07) is 0.445. The largest absolute Gasteiger partial charge is 0.748 e. The van der Waals surface area contributed by atoms with Crippen LogP contribution in [0, 0.1) is 0 Å². The highest BCUT2D eigenvalue weighted by atomic mass is 32.2. The van der Waals surface area contributed by atoms with Crippen LogP contribution in [-0.2, 0) is 10.1 Å². The van der Waals surface area contributed by atoms with E-state index >= 15 is 0 Å². The van der Waals surface area contributed by atoms with Crippen molar-refractivity contribution in [1.82, 2.24) is 0 Å². The highest BCUT2D eigenvalue weighted by molar-refractivity contribution is 7.85. The standard InChI is InChI=1S/C19H41NO3S/c1-5-6-7-8-9-10-11-12-13-14-16-19(20(2,3)4)17-15-18-24(21,22)23/h19H,5-18H2,1-4H3. The molecule has 0 aliphatic carbocycles. The molecular formula is C19H41NO3S. The molecule has 5 heteroatoms. The molecule has 0 aromatic rings. The second kappa shape index (κ2) is 13.1. The van der Waals surface area contributed by atoms with Crippen molar-refractivity contribution in [2.24, 2.45) is 0 Å². The van der Waals surface area contributed by atoms with Crippen LogP contribution >= 0.6 is 0 Å². The average Bonchev–Trinajstić information content (AvgIpc) is 2.45. The molecular weight excluding hydrogens is 322 g/mol. The van der Waals surface area contributed by atoms with E-state index in [1.165, 1.54) is 64.2 Å². The molecule has 0 N–H and O–H groups in total. The van der Waals surface area contributed by atoms with Crippen molar-refractivity contribution in [3.63, 3.8) is 0 Å². The average molecular weight is 364 g/mol. The molecule has 0 amide bonds. The van der Waals surface area contributed by atoms with Crippen molar-refractivity contribution in [3.8, 4) is 0 Å². The van der Waals surface area contributed by atoms with Gasteiger partial charge in [-0.3, -0.25) is 0 Å². The van der Waals surface area contributed by atoms with Crippen molar-refractivity contribution in [3.05, 3.63) is 0 Å². The van der Waals surface area contributed by atoms with E-state index in [-0.39, 0.29) is 5.75 Å². The first-order valence-electron chi connectivity index (χ1n) is 9.91. The minimum Gasteiger partial charge on any atom is -0.748 e. The third kappa shape index (κ3) is 15.4. The van der Waals surface area contributed by atoms with E-state index in [0.717, 1.165) is 17.3 Å². The van der Waals surface area contributed by atoms with E-state index in [1.807, 2.05) is 0 Å². The first-order valence-corrected chi connectivity index (χ1v) is 11.5. The number of quaternary nitrogens is 1. The summed E-state index contributed by atoms with van der Waals surface area (Å²) in [6.45, 7) is 2.25. The lowest BCUT2D eigenvalue weighted by Crippen LogP contribution is -2.45. The molecule has 146 valence electrons. The van der Waals surface area contributed by atoms with Crippen LogP contribution in [0.25, 0.3) is 0 Å². The second-order valence-corrected chi connectivity index (χ2v) is 9.67. The molecule has 1 atom stereocenters. The maximum atomic E-state index is 10.7.